The van der Waals surface area contributed by atoms with E-state index in [2.05, 4.69) is 4.74 Å². The van der Waals surface area contributed by atoms with Gasteiger partial charge in [0.05, 0.1) is 12.1 Å². The van der Waals surface area contributed by atoms with Crippen molar-refractivity contribution in [1.29, 1.82) is 0 Å². The van der Waals surface area contributed by atoms with Gasteiger partial charge in [0, 0.05) is 13.2 Å². The molecule has 0 amide bonds. The molecule has 60 valence electrons. The van der Waals surface area contributed by atoms with Crippen molar-refractivity contribution in [3.05, 3.63) is 23.0 Å². The van der Waals surface area contributed by atoms with Crippen LogP contribution in [-0.4, -0.2) is 17.6 Å². The Morgan fingerprint density at radius 1 is 1.73 bits per heavy atom. The first-order chi connectivity index (χ1) is 5.16. The molecule has 1 aromatic heterocycles. The molecule has 0 radical (unpaired) electrons. The van der Waals surface area contributed by atoms with Crippen LogP contribution in [-0.2, 0) is 11.8 Å². The number of nitrogens with zero attached hydrogens (tertiary/aromatic N) is 1. The van der Waals surface area contributed by atoms with Crippen LogP contribution in [0, 0.1) is 0 Å². The Morgan fingerprint density at radius 2 is 2.36 bits per heavy atom. The molecule has 11 heavy (non-hydrogen) atoms. The van der Waals surface area contributed by atoms with Crippen LogP contribution in [0.15, 0.2) is 12.3 Å². The van der Waals surface area contributed by atoms with E-state index in [4.69, 9.17) is 11.6 Å². The molecule has 0 saturated carbocycles. The Kier molecular flexibility index (Phi) is 2.19. The van der Waals surface area contributed by atoms with Crippen LogP contribution in [0.2, 0.25) is 5.02 Å². The Morgan fingerprint density at radius 3 is 2.73 bits per heavy atom. The summed E-state index contributed by atoms with van der Waals surface area (Å²) in [5, 5.41) is 0.416. The van der Waals surface area contributed by atoms with Gasteiger partial charge in [-0.25, -0.2) is 4.79 Å². The molecular formula is C7H8ClNO2. The standard InChI is InChI=1S/C7H8ClNO2/c1-9-4-3-5(8)6(9)7(10)11-2/h3-4H,1-2H3. The third-order valence-electron chi connectivity index (χ3n) is 1.40. The van der Waals surface area contributed by atoms with Crippen LogP contribution >= 0.6 is 11.6 Å². The van der Waals surface area contributed by atoms with E-state index in [1.165, 1.54) is 7.11 Å². The minimum absolute atomic E-state index is 0.383. The number of methoxy groups -OCH3 is 1. The molecule has 0 bridgehead atoms. The number of halogens is 1. The van der Waals surface area contributed by atoms with Crippen molar-refractivity contribution in [3.8, 4) is 0 Å². The second kappa shape index (κ2) is 2.96. The fourth-order valence-corrected chi connectivity index (χ4v) is 1.10. The number of ether oxygens (including phenoxy) is 1. The topological polar surface area (TPSA) is 31.2 Å². The number of hydrogen-bond donors (Lipinski definition) is 0. The minimum Gasteiger partial charge on any atom is -0.464 e. The van der Waals surface area contributed by atoms with E-state index in [-0.39, 0.29) is 0 Å². The molecule has 0 fully saturated rings. The summed E-state index contributed by atoms with van der Waals surface area (Å²) in [6.07, 6.45) is 1.70. The first-order valence-corrected chi connectivity index (χ1v) is 3.43. The Bertz CT molecular complexity index is 260. The van der Waals surface area contributed by atoms with Gasteiger partial charge in [-0.15, -0.1) is 0 Å². The summed E-state index contributed by atoms with van der Waals surface area (Å²) in [6, 6.07) is 1.65. The van der Waals surface area contributed by atoms with E-state index < -0.39 is 5.97 Å². The molecule has 3 nitrogen and oxygen atoms in total. The molecule has 0 aliphatic heterocycles. The first-order valence-electron chi connectivity index (χ1n) is 3.06. The maximum atomic E-state index is 11.0. The molecular weight excluding hydrogens is 166 g/mol. The van der Waals surface area contributed by atoms with Crippen LogP contribution in [0.4, 0.5) is 0 Å². The number of rotatable bonds is 1. The Labute approximate surface area is 69.5 Å². The van der Waals surface area contributed by atoms with Crippen LogP contribution in [0.25, 0.3) is 0 Å². The van der Waals surface area contributed by atoms with Crippen molar-refractivity contribution >= 4 is 17.6 Å². The van der Waals surface area contributed by atoms with E-state index >= 15 is 0 Å². The lowest BCUT2D eigenvalue weighted by Gasteiger charge is -2.00. The highest BCUT2D eigenvalue weighted by Gasteiger charge is 2.13. The zero-order valence-electron chi connectivity index (χ0n) is 6.30. The molecule has 4 heteroatoms. The summed E-state index contributed by atoms with van der Waals surface area (Å²) < 4.78 is 6.13. The van der Waals surface area contributed by atoms with Gasteiger partial charge in [0.1, 0.15) is 5.69 Å². The summed E-state index contributed by atoms with van der Waals surface area (Å²) >= 11 is 5.70. The molecule has 1 heterocycles. The predicted molar refractivity (Wildman–Crippen MR) is 41.8 cm³/mol. The van der Waals surface area contributed by atoms with Gasteiger partial charge >= 0.3 is 5.97 Å². The van der Waals surface area contributed by atoms with Gasteiger partial charge in [-0.1, -0.05) is 11.6 Å². The highest BCUT2D eigenvalue weighted by atomic mass is 35.5. The number of aryl methyl sites for hydroxylation is 1. The highest BCUT2D eigenvalue weighted by Crippen LogP contribution is 2.16. The lowest BCUT2D eigenvalue weighted by molar-refractivity contribution is 0.0590. The van der Waals surface area contributed by atoms with Gasteiger partial charge in [0.15, 0.2) is 0 Å². The molecule has 0 aliphatic rings. The molecule has 0 saturated heterocycles. The molecule has 1 rings (SSSR count). The molecule has 0 unspecified atom stereocenters. The number of hydrogen-bond acceptors (Lipinski definition) is 2. The second-order valence-electron chi connectivity index (χ2n) is 2.11. The Hall–Kier alpha value is -0.960. The highest BCUT2D eigenvalue weighted by molar-refractivity contribution is 6.33. The van der Waals surface area contributed by atoms with Gasteiger partial charge in [-0.2, -0.15) is 0 Å². The van der Waals surface area contributed by atoms with Crippen LogP contribution in [0.5, 0.6) is 0 Å². The predicted octanol–water partition coefficient (Wildman–Crippen LogP) is 1.47. The summed E-state index contributed by atoms with van der Waals surface area (Å²) in [7, 11) is 3.06. The zero-order valence-corrected chi connectivity index (χ0v) is 7.05. The lowest BCUT2D eigenvalue weighted by atomic mass is 10.4. The molecule has 0 atom stereocenters. The quantitative estimate of drug-likeness (QED) is 0.603. The number of aromatic nitrogens is 1. The lowest BCUT2D eigenvalue weighted by Crippen LogP contribution is -2.07. The van der Waals surface area contributed by atoms with Crippen molar-refractivity contribution in [2.45, 2.75) is 0 Å². The van der Waals surface area contributed by atoms with Crippen molar-refractivity contribution in [2.24, 2.45) is 7.05 Å². The largest absolute Gasteiger partial charge is 0.464 e. The minimum atomic E-state index is -0.414. The third kappa shape index (κ3) is 1.38. The third-order valence-corrected chi connectivity index (χ3v) is 1.71. The van der Waals surface area contributed by atoms with E-state index in [0.29, 0.717) is 10.7 Å². The SMILES string of the molecule is COC(=O)c1c(Cl)ccn1C. The van der Waals surface area contributed by atoms with Gasteiger partial charge in [-0.3, -0.25) is 0 Å². The van der Waals surface area contributed by atoms with Crippen LogP contribution in [0.3, 0.4) is 0 Å². The number of carbonyl (C=O) groups is 1. The van der Waals surface area contributed by atoms with Crippen LogP contribution in [0.1, 0.15) is 10.5 Å². The molecule has 0 aromatic carbocycles. The van der Waals surface area contributed by atoms with Gasteiger partial charge in [-0.05, 0) is 6.07 Å². The first kappa shape index (κ1) is 8.14. The van der Waals surface area contributed by atoms with E-state index in [0.717, 1.165) is 0 Å². The van der Waals surface area contributed by atoms with Gasteiger partial charge in [0.25, 0.3) is 0 Å². The van der Waals surface area contributed by atoms with Crippen molar-refractivity contribution in [3.63, 3.8) is 0 Å². The maximum Gasteiger partial charge on any atom is 0.356 e. The van der Waals surface area contributed by atoms with E-state index in [9.17, 15) is 4.79 Å². The average Bonchev–Trinajstić information content (AvgIpc) is 2.30. The maximum absolute atomic E-state index is 11.0. The second-order valence-corrected chi connectivity index (χ2v) is 2.52. The molecule has 0 spiro atoms. The molecule has 0 aliphatic carbocycles. The van der Waals surface area contributed by atoms with E-state index in [1.54, 1.807) is 23.9 Å². The number of esters is 1. The van der Waals surface area contributed by atoms with Crippen LogP contribution < -0.4 is 0 Å². The average molecular weight is 174 g/mol. The van der Waals surface area contributed by atoms with Gasteiger partial charge < -0.3 is 9.30 Å². The summed E-state index contributed by atoms with van der Waals surface area (Å²) in [4.78, 5) is 11.0. The summed E-state index contributed by atoms with van der Waals surface area (Å²) in [6.45, 7) is 0. The van der Waals surface area contributed by atoms with Crippen molar-refractivity contribution < 1.29 is 9.53 Å². The smallest absolute Gasteiger partial charge is 0.356 e. The Balaban J connectivity index is 3.10. The fraction of sp³-hybridized carbons (Fsp3) is 0.286. The number of carbonyl (C=O) groups excluding carboxylic acids is 1. The summed E-state index contributed by atoms with van der Waals surface area (Å²) in [5.41, 5.74) is 0.383. The molecule has 1 aromatic rings. The van der Waals surface area contributed by atoms with Crippen molar-refractivity contribution in [1.82, 2.24) is 4.57 Å². The van der Waals surface area contributed by atoms with Gasteiger partial charge in [0.2, 0.25) is 0 Å². The summed E-state index contributed by atoms with van der Waals surface area (Å²) in [5.74, 6) is -0.414. The van der Waals surface area contributed by atoms with E-state index in [1.807, 2.05) is 0 Å². The molecule has 0 N–H and O–H groups in total. The van der Waals surface area contributed by atoms with Crippen molar-refractivity contribution in [2.75, 3.05) is 7.11 Å². The normalized spacial score (nSPS) is 9.73. The monoisotopic (exact) mass is 173 g/mol. The zero-order chi connectivity index (χ0) is 8.43. The fourth-order valence-electron chi connectivity index (χ4n) is 0.837.